The number of carbonyl (C=O) groups is 1. The van der Waals surface area contributed by atoms with Gasteiger partial charge in [0.1, 0.15) is 0 Å². The number of benzene rings is 1. The Bertz CT molecular complexity index is 446. The molecule has 1 aromatic rings. The molecule has 1 unspecified atom stereocenters. The Hall–Kier alpha value is -1.26. The smallest absolute Gasteiger partial charge is 0.226 e. The first-order valence-corrected chi connectivity index (χ1v) is 6.72. The van der Waals surface area contributed by atoms with E-state index in [9.17, 15) is 4.79 Å². The molecule has 0 heterocycles. The van der Waals surface area contributed by atoms with Crippen LogP contribution >= 0.6 is 11.6 Å². The Morgan fingerprint density at radius 3 is 2.58 bits per heavy atom. The highest BCUT2D eigenvalue weighted by Gasteiger charge is 2.15. The molecule has 1 aromatic carbocycles. The first-order valence-electron chi connectivity index (χ1n) is 6.34. The van der Waals surface area contributed by atoms with Crippen molar-refractivity contribution in [1.29, 1.82) is 0 Å². The molecule has 1 atom stereocenters. The van der Waals surface area contributed by atoms with Gasteiger partial charge in [-0.05, 0) is 18.1 Å². The molecule has 5 heteroatoms. The number of rotatable bonds is 5. The molecule has 3 N–H and O–H groups in total. The summed E-state index contributed by atoms with van der Waals surface area (Å²) in [6.07, 6.45) is 0.303. The van der Waals surface area contributed by atoms with Crippen LogP contribution in [0.2, 0.25) is 5.02 Å². The molecule has 0 aliphatic carbocycles. The van der Waals surface area contributed by atoms with Gasteiger partial charge in [-0.2, -0.15) is 0 Å². The maximum Gasteiger partial charge on any atom is 0.226 e. The van der Waals surface area contributed by atoms with Crippen molar-refractivity contribution in [2.24, 2.45) is 11.7 Å². The fourth-order valence-electron chi connectivity index (χ4n) is 1.72. The maximum absolute atomic E-state index is 12.0. The molecule has 4 nitrogen and oxygen atoms in total. The van der Waals surface area contributed by atoms with E-state index in [1.807, 2.05) is 45.0 Å². The lowest BCUT2D eigenvalue weighted by molar-refractivity contribution is -0.116. The number of hydrogen-bond acceptors (Lipinski definition) is 3. The van der Waals surface area contributed by atoms with E-state index >= 15 is 0 Å². The van der Waals surface area contributed by atoms with Crippen LogP contribution in [0.3, 0.4) is 0 Å². The molecule has 0 saturated heterocycles. The van der Waals surface area contributed by atoms with Gasteiger partial charge in [0.25, 0.3) is 0 Å². The Morgan fingerprint density at radius 2 is 2.05 bits per heavy atom. The summed E-state index contributed by atoms with van der Waals surface area (Å²) in [4.78, 5) is 13.8. The fourth-order valence-corrected chi connectivity index (χ4v) is 2.07. The van der Waals surface area contributed by atoms with Crippen molar-refractivity contribution < 1.29 is 4.79 Å². The molecule has 0 saturated carbocycles. The second-order valence-corrected chi connectivity index (χ2v) is 5.60. The number of para-hydroxylation sites is 1. The van der Waals surface area contributed by atoms with Crippen molar-refractivity contribution in [3.63, 3.8) is 0 Å². The summed E-state index contributed by atoms with van der Waals surface area (Å²) in [5.74, 6) is 0.185. The number of halogens is 1. The van der Waals surface area contributed by atoms with E-state index in [1.54, 1.807) is 6.07 Å². The Labute approximate surface area is 119 Å². The zero-order chi connectivity index (χ0) is 14.6. The third-order valence-corrected chi connectivity index (χ3v) is 3.29. The lowest BCUT2D eigenvalue weighted by Crippen LogP contribution is -2.31. The average molecular weight is 284 g/mol. The lowest BCUT2D eigenvalue weighted by atomic mass is 10.0. The molecule has 0 aromatic heterocycles. The molecule has 1 amide bonds. The van der Waals surface area contributed by atoms with Crippen LogP contribution in [-0.2, 0) is 4.79 Å². The van der Waals surface area contributed by atoms with Crippen LogP contribution in [0.1, 0.15) is 20.3 Å². The van der Waals surface area contributed by atoms with Crippen molar-refractivity contribution in [1.82, 2.24) is 0 Å². The van der Waals surface area contributed by atoms with Gasteiger partial charge in [0.2, 0.25) is 5.91 Å². The highest BCUT2D eigenvalue weighted by atomic mass is 35.5. The first-order chi connectivity index (χ1) is 8.82. The van der Waals surface area contributed by atoms with Crippen LogP contribution in [0, 0.1) is 5.92 Å². The highest BCUT2D eigenvalue weighted by Crippen LogP contribution is 2.32. The molecule has 0 spiro atoms. The van der Waals surface area contributed by atoms with Gasteiger partial charge in [-0.25, -0.2) is 0 Å². The van der Waals surface area contributed by atoms with Crippen LogP contribution in [0.15, 0.2) is 18.2 Å². The van der Waals surface area contributed by atoms with Crippen LogP contribution < -0.4 is 16.0 Å². The Morgan fingerprint density at radius 1 is 1.42 bits per heavy atom. The van der Waals surface area contributed by atoms with E-state index in [4.69, 9.17) is 17.3 Å². The topological polar surface area (TPSA) is 58.4 Å². The summed E-state index contributed by atoms with van der Waals surface area (Å²) in [6.45, 7) is 4.01. The minimum atomic E-state index is -0.137. The largest absolute Gasteiger partial charge is 0.375 e. The van der Waals surface area contributed by atoms with E-state index in [0.717, 1.165) is 5.69 Å². The summed E-state index contributed by atoms with van der Waals surface area (Å²) in [5, 5.41) is 3.48. The first kappa shape index (κ1) is 15.8. The molecule has 19 heavy (non-hydrogen) atoms. The van der Waals surface area contributed by atoms with Gasteiger partial charge in [-0.3, -0.25) is 4.79 Å². The fraction of sp³-hybridized carbons (Fsp3) is 0.500. The molecule has 106 valence electrons. The van der Waals surface area contributed by atoms with Crippen LogP contribution in [-0.4, -0.2) is 26.0 Å². The number of nitrogens with zero attached hydrogens (tertiary/aromatic N) is 1. The highest BCUT2D eigenvalue weighted by molar-refractivity contribution is 6.34. The van der Waals surface area contributed by atoms with Gasteiger partial charge < -0.3 is 16.0 Å². The minimum Gasteiger partial charge on any atom is -0.375 e. The number of anilines is 2. The second kappa shape index (κ2) is 6.78. The second-order valence-electron chi connectivity index (χ2n) is 5.19. The van der Waals surface area contributed by atoms with Gasteiger partial charge in [0.15, 0.2) is 0 Å². The maximum atomic E-state index is 12.0. The van der Waals surface area contributed by atoms with E-state index in [0.29, 0.717) is 17.1 Å². The van der Waals surface area contributed by atoms with Crippen LogP contribution in [0.25, 0.3) is 0 Å². The minimum absolute atomic E-state index is 0.0911. The zero-order valence-corrected chi connectivity index (χ0v) is 12.7. The monoisotopic (exact) mass is 283 g/mol. The summed E-state index contributed by atoms with van der Waals surface area (Å²) in [7, 11) is 3.77. The third-order valence-electron chi connectivity index (χ3n) is 2.99. The predicted octanol–water partition coefficient (Wildman–Crippen LogP) is 2.72. The van der Waals surface area contributed by atoms with Crippen molar-refractivity contribution >= 4 is 28.9 Å². The zero-order valence-electron chi connectivity index (χ0n) is 11.9. The number of carbonyl (C=O) groups excluding carboxylic acids is 1. The third kappa shape index (κ3) is 4.40. The molecule has 0 aliphatic rings. The molecule has 0 fully saturated rings. The van der Waals surface area contributed by atoms with E-state index in [-0.39, 0.29) is 17.9 Å². The average Bonchev–Trinajstić information content (AvgIpc) is 2.27. The van der Waals surface area contributed by atoms with Crippen molar-refractivity contribution in [3.05, 3.63) is 23.2 Å². The van der Waals surface area contributed by atoms with Crippen molar-refractivity contribution in [3.8, 4) is 0 Å². The molecule has 0 radical (unpaired) electrons. The lowest BCUT2D eigenvalue weighted by Gasteiger charge is -2.20. The summed E-state index contributed by atoms with van der Waals surface area (Å²) < 4.78 is 0. The number of hydrogen-bond donors (Lipinski definition) is 2. The van der Waals surface area contributed by atoms with Gasteiger partial charge in [-0.1, -0.05) is 31.5 Å². The van der Waals surface area contributed by atoms with Crippen LogP contribution in [0.5, 0.6) is 0 Å². The number of amides is 1. The van der Waals surface area contributed by atoms with Crippen LogP contribution in [0.4, 0.5) is 11.4 Å². The van der Waals surface area contributed by atoms with Gasteiger partial charge in [0, 0.05) is 26.6 Å². The standard InChI is InChI=1S/C14H22ClN3O/c1-9(2)11(16)8-13(19)17-12-7-5-6-10(15)14(12)18(3)4/h5-7,9,11H,8,16H2,1-4H3,(H,17,19). The van der Waals surface area contributed by atoms with Crippen molar-refractivity contribution in [2.45, 2.75) is 26.3 Å². The van der Waals surface area contributed by atoms with Crippen molar-refractivity contribution in [2.75, 3.05) is 24.3 Å². The molecular weight excluding hydrogens is 262 g/mol. The normalized spacial score (nSPS) is 12.4. The molecule has 1 rings (SSSR count). The summed E-state index contributed by atoms with van der Waals surface area (Å²) in [5.41, 5.74) is 7.41. The Balaban J connectivity index is 2.83. The summed E-state index contributed by atoms with van der Waals surface area (Å²) in [6, 6.07) is 5.31. The number of nitrogens with one attached hydrogen (secondary N) is 1. The van der Waals surface area contributed by atoms with E-state index in [1.165, 1.54) is 0 Å². The van der Waals surface area contributed by atoms with Gasteiger partial charge >= 0.3 is 0 Å². The molecular formula is C14H22ClN3O. The molecule has 0 aliphatic heterocycles. The van der Waals surface area contributed by atoms with E-state index < -0.39 is 0 Å². The predicted molar refractivity (Wildman–Crippen MR) is 81.8 cm³/mol. The van der Waals surface area contributed by atoms with E-state index in [2.05, 4.69) is 5.32 Å². The molecule has 0 bridgehead atoms. The quantitative estimate of drug-likeness (QED) is 0.873. The Kier molecular flexibility index (Phi) is 5.63. The van der Waals surface area contributed by atoms with Gasteiger partial charge in [-0.15, -0.1) is 0 Å². The SMILES string of the molecule is CC(C)C(N)CC(=O)Nc1cccc(Cl)c1N(C)C. The number of nitrogens with two attached hydrogens (primary N) is 1. The summed E-state index contributed by atoms with van der Waals surface area (Å²) >= 11 is 6.15. The van der Waals surface area contributed by atoms with Gasteiger partial charge in [0.05, 0.1) is 16.4 Å².